The SMILES string of the molecule is Cc1cccc(OCC(O)Cn2cnc3ccc(Cl)cc3c2=O)c1. The average Bonchev–Trinajstić information content (AvgIpc) is 2.56. The van der Waals surface area contributed by atoms with Crippen LogP contribution < -0.4 is 10.3 Å². The van der Waals surface area contributed by atoms with E-state index in [1.54, 1.807) is 18.2 Å². The highest BCUT2D eigenvalue weighted by Crippen LogP contribution is 2.15. The van der Waals surface area contributed by atoms with Gasteiger partial charge < -0.3 is 9.84 Å². The molecule has 1 aromatic heterocycles. The second kappa shape index (κ2) is 7.03. The normalized spacial score (nSPS) is 12.3. The molecule has 5 nitrogen and oxygen atoms in total. The molecule has 0 fully saturated rings. The first-order valence-electron chi connectivity index (χ1n) is 7.55. The number of benzene rings is 2. The van der Waals surface area contributed by atoms with Crippen LogP contribution >= 0.6 is 11.6 Å². The molecule has 0 radical (unpaired) electrons. The minimum absolute atomic E-state index is 0.0868. The van der Waals surface area contributed by atoms with Crippen LogP contribution in [0.25, 0.3) is 10.9 Å². The maximum absolute atomic E-state index is 12.4. The number of aliphatic hydroxyl groups excluding tert-OH is 1. The second-order valence-corrected chi connectivity index (χ2v) is 6.08. The number of aryl methyl sites for hydroxylation is 1. The Balaban J connectivity index is 1.72. The van der Waals surface area contributed by atoms with E-state index < -0.39 is 6.10 Å². The van der Waals surface area contributed by atoms with Gasteiger partial charge in [-0.2, -0.15) is 0 Å². The summed E-state index contributed by atoms with van der Waals surface area (Å²) in [7, 11) is 0. The highest BCUT2D eigenvalue weighted by atomic mass is 35.5. The third-order valence-electron chi connectivity index (χ3n) is 3.63. The molecular weight excluding hydrogens is 328 g/mol. The van der Waals surface area contributed by atoms with E-state index in [2.05, 4.69) is 4.98 Å². The van der Waals surface area contributed by atoms with Crippen LogP contribution in [-0.4, -0.2) is 27.4 Å². The van der Waals surface area contributed by atoms with Crippen molar-refractivity contribution in [3.8, 4) is 5.75 Å². The fourth-order valence-electron chi connectivity index (χ4n) is 2.44. The van der Waals surface area contributed by atoms with Crippen LogP contribution in [0.3, 0.4) is 0 Å². The molecule has 6 heteroatoms. The summed E-state index contributed by atoms with van der Waals surface area (Å²) in [5, 5.41) is 11.0. The molecule has 1 N–H and O–H groups in total. The van der Waals surface area contributed by atoms with Crippen molar-refractivity contribution in [3.63, 3.8) is 0 Å². The molecule has 24 heavy (non-hydrogen) atoms. The summed E-state index contributed by atoms with van der Waals surface area (Å²) in [5.74, 6) is 0.685. The summed E-state index contributed by atoms with van der Waals surface area (Å²) in [6, 6.07) is 12.5. The summed E-state index contributed by atoms with van der Waals surface area (Å²) in [4.78, 5) is 16.7. The third kappa shape index (κ3) is 3.75. The van der Waals surface area contributed by atoms with Gasteiger partial charge in [-0.05, 0) is 42.8 Å². The largest absolute Gasteiger partial charge is 0.491 e. The van der Waals surface area contributed by atoms with Crippen LogP contribution in [0.5, 0.6) is 5.75 Å². The zero-order chi connectivity index (χ0) is 17.1. The van der Waals surface area contributed by atoms with Crippen molar-refractivity contribution in [1.82, 2.24) is 9.55 Å². The van der Waals surface area contributed by atoms with E-state index in [4.69, 9.17) is 16.3 Å². The monoisotopic (exact) mass is 344 g/mol. The van der Waals surface area contributed by atoms with Gasteiger partial charge in [-0.1, -0.05) is 23.7 Å². The molecule has 0 aliphatic heterocycles. The molecule has 124 valence electrons. The van der Waals surface area contributed by atoms with Crippen LogP contribution in [0, 0.1) is 6.92 Å². The molecule has 2 aromatic carbocycles. The van der Waals surface area contributed by atoms with Crippen molar-refractivity contribution in [3.05, 3.63) is 69.7 Å². The number of aromatic nitrogens is 2. The van der Waals surface area contributed by atoms with E-state index in [1.165, 1.54) is 10.9 Å². The number of fused-ring (bicyclic) bond motifs is 1. The quantitative estimate of drug-likeness (QED) is 0.773. The maximum Gasteiger partial charge on any atom is 0.261 e. The molecule has 1 atom stereocenters. The van der Waals surface area contributed by atoms with Crippen LogP contribution in [0.2, 0.25) is 5.02 Å². The lowest BCUT2D eigenvalue weighted by atomic mass is 10.2. The second-order valence-electron chi connectivity index (χ2n) is 5.64. The van der Waals surface area contributed by atoms with E-state index in [9.17, 15) is 9.90 Å². The lowest BCUT2D eigenvalue weighted by Gasteiger charge is -2.14. The summed E-state index contributed by atoms with van der Waals surface area (Å²) in [6.45, 7) is 2.15. The lowest BCUT2D eigenvalue weighted by Crippen LogP contribution is -2.30. The van der Waals surface area contributed by atoms with Gasteiger partial charge in [0.1, 0.15) is 18.5 Å². The summed E-state index contributed by atoms with van der Waals surface area (Å²) < 4.78 is 6.92. The van der Waals surface area contributed by atoms with E-state index in [0.29, 0.717) is 21.7 Å². The van der Waals surface area contributed by atoms with Gasteiger partial charge in [0.2, 0.25) is 0 Å². The molecule has 0 amide bonds. The van der Waals surface area contributed by atoms with Crippen molar-refractivity contribution in [2.45, 2.75) is 19.6 Å². The van der Waals surface area contributed by atoms with Gasteiger partial charge in [0.25, 0.3) is 5.56 Å². The van der Waals surface area contributed by atoms with Crippen molar-refractivity contribution >= 4 is 22.5 Å². The molecule has 0 saturated heterocycles. The summed E-state index contributed by atoms with van der Waals surface area (Å²) >= 11 is 5.93. The fourth-order valence-corrected chi connectivity index (χ4v) is 2.61. The van der Waals surface area contributed by atoms with Crippen molar-refractivity contribution in [1.29, 1.82) is 0 Å². The van der Waals surface area contributed by atoms with Crippen molar-refractivity contribution < 1.29 is 9.84 Å². The van der Waals surface area contributed by atoms with Gasteiger partial charge in [-0.3, -0.25) is 9.36 Å². The number of ether oxygens (including phenoxy) is 1. The minimum atomic E-state index is -0.832. The number of halogens is 1. The van der Waals surface area contributed by atoms with Crippen LogP contribution in [0.15, 0.2) is 53.6 Å². The third-order valence-corrected chi connectivity index (χ3v) is 3.86. The number of aliphatic hydroxyl groups is 1. The summed E-state index contributed by atoms with van der Waals surface area (Å²) in [5.41, 5.74) is 1.41. The standard InChI is InChI=1S/C18H17ClN2O3/c1-12-3-2-4-15(7-12)24-10-14(22)9-21-11-20-17-6-5-13(19)8-16(17)18(21)23/h2-8,11,14,22H,9-10H2,1H3. The highest BCUT2D eigenvalue weighted by molar-refractivity contribution is 6.31. The minimum Gasteiger partial charge on any atom is -0.491 e. The number of nitrogens with zero attached hydrogens (tertiary/aromatic N) is 2. The van der Waals surface area contributed by atoms with E-state index in [1.807, 2.05) is 31.2 Å². The molecular formula is C18H17ClN2O3. The molecule has 0 bridgehead atoms. The first-order valence-corrected chi connectivity index (χ1v) is 7.93. The van der Waals surface area contributed by atoms with Crippen molar-refractivity contribution in [2.75, 3.05) is 6.61 Å². The topological polar surface area (TPSA) is 64.3 Å². The number of rotatable bonds is 5. The van der Waals surface area contributed by atoms with Gasteiger partial charge >= 0.3 is 0 Å². The summed E-state index contributed by atoms with van der Waals surface area (Å²) in [6.07, 6.45) is 0.593. The average molecular weight is 345 g/mol. The van der Waals surface area contributed by atoms with E-state index in [0.717, 1.165) is 5.56 Å². The van der Waals surface area contributed by atoms with Crippen LogP contribution in [-0.2, 0) is 6.54 Å². The lowest BCUT2D eigenvalue weighted by molar-refractivity contribution is 0.0914. The molecule has 0 aliphatic rings. The Morgan fingerprint density at radius 2 is 2.12 bits per heavy atom. The molecule has 0 aliphatic carbocycles. The molecule has 3 rings (SSSR count). The molecule has 0 spiro atoms. The van der Waals surface area contributed by atoms with Crippen molar-refractivity contribution in [2.24, 2.45) is 0 Å². The van der Waals surface area contributed by atoms with Gasteiger partial charge in [0, 0.05) is 5.02 Å². The Kier molecular flexibility index (Phi) is 4.83. The Hall–Kier alpha value is -2.37. The molecule has 1 unspecified atom stereocenters. The molecule has 3 aromatic rings. The van der Waals surface area contributed by atoms with E-state index in [-0.39, 0.29) is 18.7 Å². The van der Waals surface area contributed by atoms with Crippen LogP contribution in [0.1, 0.15) is 5.56 Å². The Bertz CT molecular complexity index is 924. The predicted molar refractivity (Wildman–Crippen MR) is 93.7 cm³/mol. The van der Waals surface area contributed by atoms with Gasteiger partial charge in [0.05, 0.1) is 23.8 Å². The number of hydrogen-bond donors (Lipinski definition) is 1. The smallest absolute Gasteiger partial charge is 0.261 e. The Morgan fingerprint density at radius 1 is 1.29 bits per heavy atom. The predicted octanol–water partition coefficient (Wildman–Crippen LogP) is 2.80. The van der Waals surface area contributed by atoms with E-state index >= 15 is 0 Å². The van der Waals surface area contributed by atoms with Crippen LogP contribution in [0.4, 0.5) is 0 Å². The fraction of sp³-hybridized carbons (Fsp3) is 0.222. The number of hydrogen-bond acceptors (Lipinski definition) is 4. The Labute approximate surface area is 144 Å². The molecule has 1 heterocycles. The van der Waals surface area contributed by atoms with Gasteiger partial charge in [-0.25, -0.2) is 4.98 Å². The first kappa shape index (κ1) is 16.5. The zero-order valence-electron chi connectivity index (χ0n) is 13.1. The zero-order valence-corrected chi connectivity index (χ0v) is 13.9. The molecule has 0 saturated carbocycles. The first-order chi connectivity index (χ1) is 11.5. The maximum atomic E-state index is 12.4. The van der Waals surface area contributed by atoms with Gasteiger partial charge in [-0.15, -0.1) is 0 Å². The Morgan fingerprint density at radius 3 is 2.92 bits per heavy atom. The highest BCUT2D eigenvalue weighted by Gasteiger charge is 2.10. The van der Waals surface area contributed by atoms with Gasteiger partial charge in [0.15, 0.2) is 0 Å².